The van der Waals surface area contributed by atoms with E-state index in [9.17, 15) is 4.79 Å². The van der Waals surface area contributed by atoms with E-state index in [-0.39, 0.29) is 5.97 Å². The lowest BCUT2D eigenvalue weighted by Crippen LogP contribution is -2.58. The Hall–Kier alpha value is -0.610. The van der Waals surface area contributed by atoms with Gasteiger partial charge in [0.1, 0.15) is 5.54 Å². The Labute approximate surface area is 117 Å². The number of ether oxygens (including phenoxy) is 1. The first-order chi connectivity index (χ1) is 9.08. The maximum atomic E-state index is 12.0. The quantitative estimate of drug-likeness (QED) is 0.618. The molecular formula is C15H30N2O2. The SMILES string of the molecule is CCCCN(CCCC)CC(N)(C(=O)OC)C1CC1. The molecule has 4 heteroatoms. The van der Waals surface area contributed by atoms with Gasteiger partial charge in [0.15, 0.2) is 0 Å². The monoisotopic (exact) mass is 270 g/mol. The lowest BCUT2D eigenvalue weighted by atomic mass is 9.93. The van der Waals surface area contributed by atoms with E-state index in [1.807, 2.05) is 0 Å². The summed E-state index contributed by atoms with van der Waals surface area (Å²) in [6, 6.07) is 0. The highest BCUT2D eigenvalue weighted by Crippen LogP contribution is 2.39. The zero-order valence-corrected chi connectivity index (χ0v) is 12.8. The number of unbranched alkanes of at least 4 members (excludes halogenated alkanes) is 2. The molecule has 1 aliphatic carbocycles. The molecule has 0 radical (unpaired) electrons. The van der Waals surface area contributed by atoms with Gasteiger partial charge in [0, 0.05) is 6.54 Å². The third kappa shape index (κ3) is 4.77. The van der Waals surface area contributed by atoms with Crippen LogP contribution < -0.4 is 5.73 Å². The van der Waals surface area contributed by atoms with Crippen LogP contribution >= 0.6 is 0 Å². The largest absolute Gasteiger partial charge is 0.468 e. The summed E-state index contributed by atoms with van der Waals surface area (Å²) in [5, 5.41) is 0. The molecule has 0 aliphatic heterocycles. The van der Waals surface area contributed by atoms with Crippen molar-refractivity contribution in [3.8, 4) is 0 Å². The third-order valence-corrected chi connectivity index (χ3v) is 4.01. The van der Waals surface area contributed by atoms with Crippen LogP contribution in [0, 0.1) is 5.92 Å². The molecule has 0 aromatic rings. The van der Waals surface area contributed by atoms with E-state index in [0.717, 1.165) is 38.8 Å². The number of hydrogen-bond acceptors (Lipinski definition) is 4. The van der Waals surface area contributed by atoms with Crippen LogP contribution in [0.3, 0.4) is 0 Å². The molecule has 0 amide bonds. The van der Waals surface area contributed by atoms with Gasteiger partial charge in [-0.2, -0.15) is 0 Å². The van der Waals surface area contributed by atoms with Crippen LogP contribution in [0.15, 0.2) is 0 Å². The fourth-order valence-electron chi connectivity index (χ4n) is 2.55. The summed E-state index contributed by atoms with van der Waals surface area (Å²) in [5.74, 6) is 0.0682. The summed E-state index contributed by atoms with van der Waals surface area (Å²) in [4.78, 5) is 14.4. The molecule has 1 atom stereocenters. The van der Waals surface area contributed by atoms with Crippen molar-refractivity contribution >= 4 is 5.97 Å². The summed E-state index contributed by atoms with van der Waals surface area (Å²) in [7, 11) is 1.44. The molecule has 0 spiro atoms. The first-order valence-electron chi connectivity index (χ1n) is 7.68. The van der Waals surface area contributed by atoms with Crippen molar-refractivity contribution in [3.05, 3.63) is 0 Å². The van der Waals surface area contributed by atoms with Crippen LogP contribution in [0.25, 0.3) is 0 Å². The summed E-state index contributed by atoms with van der Waals surface area (Å²) < 4.78 is 4.94. The van der Waals surface area contributed by atoms with E-state index in [1.54, 1.807) is 0 Å². The molecule has 112 valence electrons. The Morgan fingerprint density at radius 2 is 1.79 bits per heavy atom. The topological polar surface area (TPSA) is 55.6 Å². The maximum Gasteiger partial charge on any atom is 0.327 e. The summed E-state index contributed by atoms with van der Waals surface area (Å²) in [5.41, 5.74) is 5.59. The number of esters is 1. The van der Waals surface area contributed by atoms with Crippen molar-refractivity contribution in [1.29, 1.82) is 0 Å². The van der Waals surface area contributed by atoms with Gasteiger partial charge in [0.25, 0.3) is 0 Å². The third-order valence-electron chi connectivity index (χ3n) is 4.01. The maximum absolute atomic E-state index is 12.0. The lowest BCUT2D eigenvalue weighted by molar-refractivity contribution is -0.148. The van der Waals surface area contributed by atoms with Gasteiger partial charge in [-0.3, -0.25) is 4.79 Å². The van der Waals surface area contributed by atoms with Crippen molar-refractivity contribution in [2.75, 3.05) is 26.7 Å². The van der Waals surface area contributed by atoms with Crippen LogP contribution in [-0.2, 0) is 9.53 Å². The van der Waals surface area contributed by atoms with Gasteiger partial charge >= 0.3 is 5.97 Å². The second-order valence-corrected chi connectivity index (χ2v) is 5.79. The molecular weight excluding hydrogens is 240 g/mol. The van der Waals surface area contributed by atoms with Crippen LogP contribution in [0.4, 0.5) is 0 Å². The molecule has 2 N–H and O–H groups in total. The summed E-state index contributed by atoms with van der Waals surface area (Å²) >= 11 is 0. The fourth-order valence-corrected chi connectivity index (χ4v) is 2.55. The number of nitrogens with zero attached hydrogens (tertiary/aromatic N) is 1. The number of methoxy groups -OCH3 is 1. The zero-order chi connectivity index (χ0) is 14.3. The first kappa shape index (κ1) is 16.4. The van der Waals surface area contributed by atoms with Gasteiger partial charge in [-0.25, -0.2) is 0 Å². The Morgan fingerprint density at radius 3 is 2.16 bits per heavy atom. The van der Waals surface area contributed by atoms with Crippen LogP contribution in [0.1, 0.15) is 52.4 Å². The van der Waals surface area contributed by atoms with Crippen molar-refractivity contribution in [2.24, 2.45) is 11.7 Å². The number of hydrogen-bond donors (Lipinski definition) is 1. The molecule has 0 aromatic heterocycles. The van der Waals surface area contributed by atoms with Gasteiger partial charge in [0.05, 0.1) is 7.11 Å². The number of carbonyl (C=O) groups excluding carboxylic acids is 1. The molecule has 4 nitrogen and oxygen atoms in total. The lowest BCUT2D eigenvalue weighted by Gasteiger charge is -2.33. The minimum Gasteiger partial charge on any atom is -0.468 e. The van der Waals surface area contributed by atoms with E-state index >= 15 is 0 Å². The van der Waals surface area contributed by atoms with E-state index in [4.69, 9.17) is 10.5 Å². The summed E-state index contributed by atoms with van der Waals surface area (Å²) in [6.45, 7) is 7.08. The average Bonchev–Trinajstić information content (AvgIpc) is 3.25. The molecule has 1 fully saturated rings. The van der Waals surface area contributed by atoms with Crippen LogP contribution in [-0.4, -0.2) is 43.2 Å². The highest BCUT2D eigenvalue weighted by molar-refractivity contribution is 5.81. The number of rotatable bonds is 10. The molecule has 1 unspecified atom stereocenters. The van der Waals surface area contributed by atoms with E-state index in [0.29, 0.717) is 12.5 Å². The minimum absolute atomic E-state index is 0.243. The summed E-state index contributed by atoms with van der Waals surface area (Å²) in [6.07, 6.45) is 6.77. The second-order valence-electron chi connectivity index (χ2n) is 5.79. The first-order valence-corrected chi connectivity index (χ1v) is 7.68. The highest BCUT2D eigenvalue weighted by Gasteiger charge is 2.49. The molecule has 1 saturated carbocycles. The smallest absolute Gasteiger partial charge is 0.327 e. The fraction of sp³-hybridized carbons (Fsp3) is 0.933. The Kier molecular flexibility index (Phi) is 6.80. The molecule has 1 rings (SSSR count). The van der Waals surface area contributed by atoms with Gasteiger partial charge in [-0.05, 0) is 44.7 Å². The second kappa shape index (κ2) is 7.85. The predicted octanol–water partition coefficient (Wildman–Crippen LogP) is 2.17. The number of nitrogens with two attached hydrogens (primary N) is 1. The van der Waals surface area contributed by atoms with Crippen LogP contribution in [0.2, 0.25) is 0 Å². The Balaban J connectivity index is 2.63. The molecule has 0 bridgehead atoms. The number of carbonyl (C=O) groups is 1. The molecule has 0 aromatic carbocycles. The zero-order valence-electron chi connectivity index (χ0n) is 12.8. The molecule has 1 aliphatic rings. The van der Waals surface area contributed by atoms with Crippen molar-refractivity contribution in [3.63, 3.8) is 0 Å². The highest BCUT2D eigenvalue weighted by atomic mass is 16.5. The van der Waals surface area contributed by atoms with E-state index < -0.39 is 5.54 Å². The van der Waals surface area contributed by atoms with Gasteiger partial charge < -0.3 is 15.4 Å². The standard InChI is InChI=1S/C15H30N2O2/c1-4-6-10-17(11-7-5-2)12-15(16,13-8-9-13)14(18)19-3/h13H,4-12,16H2,1-3H3. The molecule has 19 heavy (non-hydrogen) atoms. The Morgan fingerprint density at radius 1 is 1.26 bits per heavy atom. The van der Waals surface area contributed by atoms with Gasteiger partial charge in [-0.1, -0.05) is 26.7 Å². The van der Waals surface area contributed by atoms with Gasteiger partial charge in [0.2, 0.25) is 0 Å². The minimum atomic E-state index is -0.795. The van der Waals surface area contributed by atoms with E-state index in [2.05, 4.69) is 18.7 Å². The van der Waals surface area contributed by atoms with Crippen molar-refractivity contribution < 1.29 is 9.53 Å². The average molecular weight is 270 g/mol. The van der Waals surface area contributed by atoms with Crippen molar-refractivity contribution in [2.45, 2.75) is 57.9 Å². The van der Waals surface area contributed by atoms with Crippen LogP contribution in [0.5, 0.6) is 0 Å². The molecule has 0 heterocycles. The van der Waals surface area contributed by atoms with E-state index in [1.165, 1.54) is 20.0 Å². The normalized spacial score (nSPS) is 18.4. The van der Waals surface area contributed by atoms with Gasteiger partial charge in [-0.15, -0.1) is 0 Å². The Bertz CT molecular complexity index is 271. The van der Waals surface area contributed by atoms with Crippen molar-refractivity contribution in [1.82, 2.24) is 4.90 Å². The predicted molar refractivity (Wildman–Crippen MR) is 77.9 cm³/mol. The molecule has 0 saturated heterocycles.